The molecule has 0 atom stereocenters. The Morgan fingerprint density at radius 1 is 1.20 bits per heavy atom. The van der Waals surface area contributed by atoms with E-state index in [0.717, 1.165) is 11.8 Å². The lowest BCUT2D eigenvalue weighted by Crippen LogP contribution is -2.20. The van der Waals surface area contributed by atoms with Crippen LogP contribution in [0.4, 0.5) is 5.69 Å². The van der Waals surface area contributed by atoms with E-state index in [9.17, 15) is 9.59 Å². The van der Waals surface area contributed by atoms with Crippen molar-refractivity contribution in [2.24, 2.45) is 0 Å². The lowest BCUT2D eigenvalue weighted by atomic mass is 10.2. The van der Waals surface area contributed by atoms with Gasteiger partial charge < -0.3 is 20.1 Å². The van der Waals surface area contributed by atoms with Gasteiger partial charge in [0.05, 0.1) is 27.1 Å². The van der Waals surface area contributed by atoms with Crippen LogP contribution in [0.5, 0.6) is 11.5 Å². The van der Waals surface area contributed by atoms with Crippen molar-refractivity contribution >= 4 is 86.7 Å². The van der Waals surface area contributed by atoms with Gasteiger partial charge in [-0.2, -0.15) is 0 Å². The molecule has 11 heteroatoms. The number of hydrogen-bond donors (Lipinski definition) is 2. The number of hydrogen-bond acceptors (Lipinski definition) is 6. The highest BCUT2D eigenvalue weighted by Crippen LogP contribution is 2.38. The Morgan fingerprint density at radius 2 is 1.97 bits per heavy atom. The van der Waals surface area contributed by atoms with Crippen LogP contribution in [0.1, 0.15) is 5.56 Å². The van der Waals surface area contributed by atoms with Crippen molar-refractivity contribution in [2.45, 2.75) is 0 Å². The molecule has 0 radical (unpaired) electrons. The molecule has 2 N–H and O–H groups in total. The topological polar surface area (TPSA) is 76.7 Å². The summed E-state index contributed by atoms with van der Waals surface area (Å²) in [7, 11) is 1.44. The molecule has 6 nitrogen and oxygen atoms in total. The summed E-state index contributed by atoms with van der Waals surface area (Å²) in [4.78, 5) is 24.5. The zero-order valence-corrected chi connectivity index (χ0v) is 19.2. The van der Waals surface area contributed by atoms with Crippen molar-refractivity contribution < 1.29 is 19.1 Å². The van der Waals surface area contributed by atoms with E-state index in [1.807, 2.05) is 0 Å². The third-order valence-electron chi connectivity index (χ3n) is 3.74. The minimum Gasteiger partial charge on any atom is -0.493 e. The summed E-state index contributed by atoms with van der Waals surface area (Å²) in [6, 6.07) is 7.95. The fraction of sp³-hybridized carbons (Fsp3) is 0.105. The van der Waals surface area contributed by atoms with E-state index in [1.54, 1.807) is 30.3 Å². The first-order valence-corrected chi connectivity index (χ1v) is 10.6. The second-order valence-corrected chi connectivity index (χ2v) is 8.79. The van der Waals surface area contributed by atoms with Crippen LogP contribution in [-0.2, 0) is 9.59 Å². The average molecular weight is 504 g/mol. The van der Waals surface area contributed by atoms with Crippen LogP contribution in [0.15, 0.2) is 35.2 Å². The van der Waals surface area contributed by atoms with Crippen molar-refractivity contribution in [2.75, 3.05) is 19.0 Å². The summed E-state index contributed by atoms with van der Waals surface area (Å²) in [5.41, 5.74) is 1.09. The number of thiocarbonyl (C=S) groups is 1. The molecule has 1 aliphatic heterocycles. The van der Waals surface area contributed by atoms with Crippen molar-refractivity contribution in [3.05, 3.63) is 55.9 Å². The van der Waals surface area contributed by atoms with Crippen molar-refractivity contribution in [3.8, 4) is 11.5 Å². The summed E-state index contributed by atoms with van der Waals surface area (Å²) < 4.78 is 11.3. The molecule has 2 aromatic carbocycles. The van der Waals surface area contributed by atoms with Gasteiger partial charge in [-0.25, -0.2) is 0 Å². The molecule has 1 aliphatic rings. The molecule has 3 rings (SSSR count). The van der Waals surface area contributed by atoms with Gasteiger partial charge in [-0.1, -0.05) is 58.8 Å². The Kier molecular flexibility index (Phi) is 7.49. The van der Waals surface area contributed by atoms with Crippen molar-refractivity contribution in [3.63, 3.8) is 0 Å². The number of amides is 2. The minimum atomic E-state index is -0.426. The first-order chi connectivity index (χ1) is 14.3. The lowest BCUT2D eigenvalue weighted by molar-refractivity contribution is -0.118. The number of anilines is 1. The summed E-state index contributed by atoms with van der Waals surface area (Å²) in [5, 5.41) is 6.10. The number of benzene rings is 2. The number of nitrogens with one attached hydrogen (secondary N) is 2. The van der Waals surface area contributed by atoms with Gasteiger partial charge in [-0.15, -0.1) is 0 Å². The van der Waals surface area contributed by atoms with Crippen LogP contribution in [-0.4, -0.2) is 29.9 Å². The highest BCUT2D eigenvalue weighted by Gasteiger charge is 2.22. The zero-order chi connectivity index (χ0) is 21.8. The first kappa shape index (κ1) is 22.7. The zero-order valence-electron chi connectivity index (χ0n) is 15.3. The Balaban J connectivity index is 1.72. The van der Waals surface area contributed by atoms with Gasteiger partial charge in [0.25, 0.3) is 11.8 Å². The van der Waals surface area contributed by atoms with E-state index >= 15 is 0 Å². The molecule has 1 fully saturated rings. The first-order valence-electron chi connectivity index (χ1n) is 8.27. The fourth-order valence-electron chi connectivity index (χ4n) is 2.44. The third-order valence-corrected chi connectivity index (χ3v) is 5.92. The highest BCUT2D eigenvalue weighted by molar-refractivity contribution is 8.26. The second kappa shape index (κ2) is 9.89. The number of thioether (sulfide) groups is 1. The smallest absolute Gasteiger partial charge is 0.263 e. The summed E-state index contributed by atoms with van der Waals surface area (Å²) in [5.74, 6) is -0.197. The Morgan fingerprint density at radius 3 is 2.60 bits per heavy atom. The van der Waals surface area contributed by atoms with Crippen molar-refractivity contribution in [1.29, 1.82) is 0 Å². The molecule has 1 heterocycles. The van der Waals surface area contributed by atoms with Gasteiger partial charge in [-0.05, 0) is 42.0 Å². The molecule has 2 amide bonds. The number of methoxy groups -OCH3 is 1. The molecule has 156 valence electrons. The van der Waals surface area contributed by atoms with Crippen LogP contribution >= 0.6 is 58.8 Å². The molecule has 0 unspecified atom stereocenters. The van der Waals surface area contributed by atoms with E-state index in [0.29, 0.717) is 36.3 Å². The van der Waals surface area contributed by atoms with E-state index in [1.165, 1.54) is 13.2 Å². The van der Waals surface area contributed by atoms with Gasteiger partial charge in [-0.3, -0.25) is 9.59 Å². The molecule has 30 heavy (non-hydrogen) atoms. The standard InChI is InChI=1S/C19H13Cl3N2O4S2/c1-27-14-5-9(6-15-18(26)24-19(29)30-15)4-13(22)17(14)28-8-16(25)23-10-2-3-11(20)12(21)7-10/h2-7H,8H2,1H3,(H,23,25)(H,24,26,29)/b15-6+. The molecule has 1 saturated heterocycles. The van der Waals surface area contributed by atoms with Crippen LogP contribution < -0.4 is 20.1 Å². The lowest BCUT2D eigenvalue weighted by Gasteiger charge is -2.13. The van der Waals surface area contributed by atoms with E-state index in [2.05, 4.69) is 10.6 Å². The normalized spacial score (nSPS) is 14.6. The van der Waals surface area contributed by atoms with E-state index in [4.69, 9.17) is 56.5 Å². The van der Waals surface area contributed by atoms with E-state index in [-0.39, 0.29) is 23.3 Å². The monoisotopic (exact) mass is 502 g/mol. The maximum atomic E-state index is 12.2. The van der Waals surface area contributed by atoms with Crippen LogP contribution in [0, 0.1) is 0 Å². The third kappa shape index (κ3) is 5.59. The van der Waals surface area contributed by atoms with Gasteiger partial charge in [0, 0.05) is 5.69 Å². The van der Waals surface area contributed by atoms with Crippen molar-refractivity contribution in [1.82, 2.24) is 5.32 Å². The Hall–Kier alpha value is -1.97. The van der Waals surface area contributed by atoms with Gasteiger partial charge in [0.2, 0.25) is 0 Å². The fourth-order valence-corrected chi connectivity index (χ4v) is 4.06. The van der Waals surface area contributed by atoms with Crippen LogP contribution in [0.3, 0.4) is 0 Å². The predicted molar refractivity (Wildman–Crippen MR) is 125 cm³/mol. The maximum absolute atomic E-state index is 12.2. The largest absolute Gasteiger partial charge is 0.493 e. The van der Waals surface area contributed by atoms with E-state index < -0.39 is 5.91 Å². The van der Waals surface area contributed by atoms with Gasteiger partial charge >= 0.3 is 0 Å². The number of halogens is 3. The molecule has 2 aromatic rings. The molecule has 0 aromatic heterocycles. The SMILES string of the molecule is COc1cc(/C=C2/SC(=S)NC2=O)cc(Cl)c1OCC(=O)Nc1ccc(Cl)c(Cl)c1. The number of carbonyl (C=O) groups excluding carboxylic acids is 2. The number of rotatable bonds is 6. The number of ether oxygens (including phenoxy) is 2. The minimum absolute atomic E-state index is 0.199. The molecule has 0 bridgehead atoms. The van der Waals surface area contributed by atoms with Gasteiger partial charge in [0.1, 0.15) is 4.32 Å². The maximum Gasteiger partial charge on any atom is 0.263 e. The summed E-state index contributed by atoms with van der Waals surface area (Å²) in [6.45, 7) is -0.316. The molecular weight excluding hydrogens is 491 g/mol. The predicted octanol–water partition coefficient (Wildman–Crippen LogP) is 5.16. The molecule has 0 spiro atoms. The quantitative estimate of drug-likeness (QED) is 0.419. The van der Waals surface area contributed by atoms with Crippen LogP contribution in [0.25, 0.3) is 6.08 Å². The van der Waals surface area contributed by atoms with Crippen LogP contribution in [0.2, 0.25) is 15.1 Å². The summed E-state index contributed by atoms with van der Waals surface area (Å²) >= 11 is 24.2. The summed E-state index contributed by atoms with van der Waals surface area (Å²) in [6.07, 6.45) is 1.63. The second-order valence-electron chi connectivity index (χ2n) is 5.85. The number of carbonyl (C=O) groups is 2. The van der Waals surface area contributed by atoms with Gasteiger partial charge in [0.15, 0.2) is 18.1 Å². The molecule has 0 aliphatic carbocycles. The Bertz CT molecular complexity index is 1080. The molecular formula is C19H13Cl3N2O4S2. The Labute approximate surface area is 196 Å². The molecule has 0 saturated carbocycles. The highest BCUT2D eigenvalue weighted by atomic mass is 35.5. The average Bonchev–Trinajstić information content (AvgIpc) is 3.00.